The number of benzene rings is 1. The van der Waals surface area contributed by atoms with E-state index in [0.717, 1.165) is 32.5 Å². The second-order valence-corrected chi connectivity index (χ2v) is 6.56. The topological polar surface area (TPSA) is 23.6 Å². The molecule has 0 N–H and O–H groups in total. The SMILES string of the molecule is Cc1cccc(CN(C)C(=O)CC2CCN(C)CC2)c1C. The van der Waals surface area contributed by atoms with Gasteiger partial charge in [-0.15, -0.1) is 0 Å². The molecule has 1 aromatic carbocycles. The van der Waals surface area contributed by atoms with E-state index in [1.165, 1.54) is 16.7 Å². The van der Waals surface area contributed by atoms with Crippen LogP contribution in [0, 0.1) is 19.8 Å². The molecule has 116 valence electrons. The van der Waals surface area contributed by atoms with E-state index < -0.39 is 0 Å². The van der Waals surface area contributed by atoms with Crippen LogP contribution in [0.4, 0.5) is 0 Å². The Morgan fingerprint density at radius 1 is 1.29 bits per heavy atom. The molecule has 1 fully saturated rings. The molecular formula is C18H28N2O. The summed E-state index contributed by atoms with van der Waals surface area (Å²) in [7, 11) is 4.09. The Kier molecular flexibility index (Phi) is 5.40. The quantitative estimate of drug-likeness (QED) is 0.850. The lowest BCUT2D eigenvalue weighted by Crippen LogP contribution is -2.34. The Balaban J connectivity index is 1.89. The highest BCUT2D eigenvalue weighted by molar-refractivity contribution is 5.76. The molecule has 1 amide bonds. The van der Waals surface area contributed by atoms with E-state index >= 15 is 0 Å². The fraction of sp³-hybridized carbons (Fsp3) is 0.611. The van der Waals surface area contributed by atoms with Crippen molar-refractivity contribution in [3.63, 3.8) is 0 Å². The van der Waals surface area contributed by atoms with Crippen molar-refractivity contribution in [2.24, 2.45) is 5.92 Å². The maximum absolute atomic E-state index is 12.4. The number of hydrogen-bond acceptors (Lipinski definition) is 2. The number of amides is 1. The van der Waals surface area contributed by atoms with Gasteiger partial charge in [0.15, 0.2) is 0 Å². The molecule has 3 heteroatoms. The lowest BCUT2D eigenvalue weighted by Gasteiger charge is -2.29. The maximum atomic E-state index is 12.4. The van der Waals surface area contributed by atoms with Crippen LogP contribution in [0.5, 0.6) is 0 Å². The van der Waals surface area contributed by atoms with Crippen molar-refractivity contribution < 1.29 is 4.79 Å². The average molecular weight is 288 g/mol. The maximum Gasteiger partial charge on any atom is 0.222 e. The van der Waals surface area contributed by atoms with E-state index in [1.54, 1.807) is 0 Å². The zero-order valence-electron chi connectivity index (χ0n) is 13.9. The number of rotatable bonds is 4. The van der Waals surface area contributed by atoms with E-state index in [0.29, 0.717) is 12.3 Å². The van der Waals surface area contributed by atoms with Crippen LogP contribution >= 0.6 is 0 Å². The summed E-state index contributed by atoms with van der Waals surface area (Å²) in [6.45, 7) is 7.23. The van der Waals surface area contributed by atoms with Gasteiger partial charge in [0, 0.05) is 20.0 Å². The van der Waals surface area contributed by atoms with Gasteiger partial charge in [0.1, 0.15) is 0 Å². The lowest BCUT2D eigenvalue weighted by molar-refractivity contribution is -0.131. The number of carbonyl (C=O) groups excluding carboxylic acids is 1. The van der Waals surface area contributed by atoms with Gasteiger partial charge in [-0.05, 0) is 69.4 Å². The number of hydrogen-bond donors (Lipinski definition) is 0. The summed E-state index contributed by atoms with van der Waals surface area (Å²) in [5.74, 6) is 0.847. The van der Waals surface area contributed by atoms with E-state index in [4.69, 9.17) is 0 Å². The Labute approximate surface area is 128 Å². The number of likely N-dealkylation sites (tertiary alicyclic amines) is 1. The summed E-state index contributed by atoms with van der Waals surface area (Å²) in [4.78, 5) is 16.6. The fourth-order valence-corrected chi connectivity index (χ4v) is 3.00. The second kappa shape index (κ2) is 7.08. The molecule has 0 spiro atoms. The van der Waals surface area contributed by atoms with Gasteiger partial charge in [-0.25, -0.2) is 0 Å². The van der Waals surface area contributed by atoms with Crippen LogP contribution < -0.4 is 0 Å². The molecule has 0 radical (unpaired) electrons. The van der Waals surface area contributed by atoms with Gasteiger partial charge < -0.3 is 9.80 Å². The van der Waals surface area contributed by atoms with Crippen molar-refractivity contribution in [2.45, 2.75) is 39.7 Å². The smallest absolute Gasteiger partial charge is 0.222 e. The third kappa shape index (κ3) is 4.31. The minimum absolute atomic E-state index is 0.283. The zero-order chi connectivity index (χ0) is 15.4. The Bertz CT molecular complexity index is 490. The molecule has 0 aliphatic carbocycles. The van der Waals surface area contributed by atoms with Gasteiger partial charge >= 0.3 is 0 Å². The highest BCUT2D eigenvalue weighted by Crippen LogP contribution is 2.21. The first kappa shape index (κ1) is 16.0. The average Bonchev–Trinajstić information content (AvgIpc) is 2.46. The van der Waals surface area contributed by atoms with Crippen LogP contribution in [0.15, 0.2) is 18.2 Å². The van der Waals surface area contributed by atoms with Crippen molar-refractivity contribution >= 4 is 5.91 Å². The predicted molar refractivity (Wildman–Crippen MR) is 87.2 cm³/mol. The first-order valence-electron chi connectivity index (χ1n) is 7.95. The molecule has 2 rings (SSSR count). The van der Waals surface area contributed by atoms with Crippen LogP contribution in [-0.4, -0.2) is 42.9 Å². The number of carbonyl (C=O) groups is 1. The molecule has 1 aromatic rings. The van der Waals surface area contributed by atoms with Crippen LogP contribution in [-0.2, 0) is 11.3 Å². The van der Waals surface area contributed by atoms with Gasteiger partial charge in [-0.1, -0.05) is 18.2 Å². The normalized spacial score (nSPS) is 17.0. The van der Waals surface area contributed by atoms with Gasteiger partial charge in [0.25, 0.3) is 0 Å². The number of aryl methyl sites for hydroxylation is 1. The third-order valence-electron chi connectivity index (χ3n) is 4.85. The molecule has 21 heavy (non-hydrogen) atoms. The van der Waals surface area contributed by atoms with Gasteiger partial charge in [-0.3, -0.25) is 4.79 Å². The lowest BCUT2D eigenvalue weighted by atomic mass is 9.93. The first-order chi connectivity index (χ1) is 9.97. The standard InChI is InChI=1S/C18H28N2O/c1-14-6-5-7-17(15(14)2)13-20(4)18(21)12-16-8-10-19(3)11-9-16/h5-7,16H,8-13H2,1-4H3. The fourth-order valence-electron chi connectivity index (χ4n) is 3.00. The Hall–Kier alpha value is -1.35. The summed E-state index contributed by atoms with van der Waals surface area (Å²) in [5, 5.41) is 0. The third-order valence-corrected chi connectivity index (χ3v) is 4.85. The van der Waals surface area contributed by atoms with E-state index in [2.05, 4.69) is 44.0 Å². The van der Waals surface area contributed by atoms with Crippen LogP contribution in [0.3, 0.4) is 0 Å². The Morgan fingerprint density at radius 3 is 2.62 bits per heavy atom. The van der Waals surface area contributed by atoms with E-state index in [-0.39, 0.29) is 5.91 Å². The van der Waals surface area contributed by atoms with E-state index in [9.17, 15) is 4.79 Å². The molecule has 0 atom stereocenters. The van der Waals surface area contributed by atoms with Crippen molar-refractivity contribution in [1.29, 1.82) is 0 Å². The molecule has 1 aliphatic rings. The zero-order valence-corrected chi connectivity index (χ0v) is 13.9. The van der Waals surface area contributed by atoms with Crippen molar-refractivity contribution in [2.75, 3.05) is 27.2 Å². The molecule has 3 nitrogen and oxygen atoms in total. The van der Waals surface area contributed by atoms with Crippen LogP contribution in [0.2, 0.25) is 0 Å². The van der Waals surface area contributed by atoms with E-state index in [1.807, 2.05) is 11.9 Å². The van der Waals surface area contributed by atoms with Crippen molar-refractivity contribution in [3.8, 4) is 0 Å². The number of piperidine rings is 1. The summed E-state index contributed by atoms with van der Waals surface area (Å²) in [6, 6.07) is 6.33. The summed E-state index contributed by atoms with van der Waals surface area (Å²) >= 11 is 0. The van der Waals surface area contributed by atoms with Crippen LogP contribution in [0.25, 0.3) is 0 Å². The summed E-state index contributed by atoms with van der Waals surface area (Å²) in [5.41, 5.74) is 3.86. The summed E-state index contributed by atoms with van der Waals surface area (Å²) in [6.07, 6.45) is 3.01. The second-order valence-electron chi connectivity index (χ2n) is 6.56. The molecular weight excluding hydrogens is 260 g/mol. The molecule has 1 saturated heterocycles. The van der Waals surface area contributed by atoms with Crippen LogP contribution in [0.1, 0.15) is 36.0 Å². The molecule has 0 saturated carbocycles. The minimum atomic E-state index is 0.283. The van der Waals surface area contributed by atoms with Gasteiger partial charge in [0.2, 0.25) is 5.91 Å². The largest absolute Gasteiger partial charge is 0.341 e. The van der Waals surface area contributed by atoms with Crippen molar-refractivity contribution in [3.05, 3.63) is 34.9 Å². The minimum Gasteiger partial charge on any atom is -0.341 e. The highest BCUT2D eigenvalue weighted by atomic mass is 16.2. The molecule has 1 heterocycles. The molecule has 0 bridgehead atoms. The Morgan fingerprint density at radius 2 is 1.95 bits per heavy atom. The molecule has 1 aliphatic heterocycles. The first-order valence-corrected chi connectivity index (χ1v) is 7.95. The highest BCUT2D eigenvalue weighted by Gasteiger charge is 2.21. The molecule has 0 unspecified atom stereocenters. The molecule has 0 aromatic heterocycles. The van der Waals surface area contributed by atoms with Gasteiger partial charge in [-0.2, -0.15) is 0 Å². The predicted octanol–water partition coefficient (Wildman–Crippen LogP) is 2.99. The van der Waals surface area contributed by atoms with Gasteiger partial charge in [0.05, 0.1) is 0 Å². The monoisotopic (exact) mass is 288 g/mol. The van der Waals surface area contributed by atoms with Crippen molar-refractivity contribution in [1.82, 2.24) is 9.80 Å². The number of nitrogens with zero attached hydrogens (tertiary/aromatic N) is 2. The summed E-state index contributed by atoms with van der Waals surface area (Å²) < 4.78 is 0.